The molecule has 0 fully saturated rings. The molecule has 3 amide bonds. The van der Waals surface area contributed by atoms with Crippen LogP contribution in [0.4, 0.5) is 22.0 Å². The molecule has 2 aliphatic heterocycles. The van der Waals surface area contributed by atoms with Gasteiger partial charge in [0.25, 0.3) is 0 Å². The Balaban J connectivity index is 1.67. The lowest BCUT2D eigenvalue weighted by molar-refractivity contribution is -0.117. The van der Waals surface area contributed by atoms with Crippen molar-refractivity contribution < 1.29 is 9.59 Å². The quantitative estimate of drug-likeness (QED) is 0.819. The van der Waals surface area contributed by atoms with Crippen LogP contribution in [0.15, 0.2) is 42.6 Å². The zero-order valence-electron chi connectivity index (χ0n) is 16.5. The molecule has 1 aromatic heterocycles. The Labute approximate surface area is 165 Å². The van der Waals surface area contributed by atoms with E-state index in [4.69, 9.17) is 0 Å². The molecule has 0 N–H and O–H groups in total. The maximum Gasteiger partial charge on any atom is 0.343 e. The first-order valence-corrected chi connectivity index (χ1v) is 9.78. The maximum absolute atomic E-state index is 13.3. The predicted octanol–water partition coefficient (Wildman–Crippen LogP) is 3.06. The summed E-state index contributed by atoms with van der Waals surface area (Å²) in [5.41, 5.74) is 2.79. The van der Waals surface area contributed by atoms with Gasteiger partial charge in [0.05, 0.1) is 5.69 Å². The molecule has 0 saturated heterocycles. The van der Waals surface area contributed by atoms with Crippen LogP contribution in [0, 0.1) is 0 Å². The van der Waals surface area contributed by atoms with Crippen LogP contribution in [0.1, 0.15) is 26.3 Å². The molecule has 0 unspecified atom stereocenters. The molecule has 1 aromatic carbocycles. The number of rotatable bonds is 4. The number of aromatic nitrogens is 1. The number of carbonyl (C=O) groups is 2. The fourth-order valence-electron chi connectivity index (χ4n) is 4.19. The lowest BCUT2D eigenvalue weighted by Crippen LogP contribution is -2.59. The van der Waals surface area contributed by atoms with Gasteiger partial charge in [-0.05, 0) is 51.0 Å². The highest BCUT2D eigenvalue weighted by atomic mass is 16.2. The van der Waals surface area contributed by atoms with E-state index in [0.29, 0.717) is 24.6 Å². The van der Waals surface area contributed by atoms with Crippen molar-refractivity contribution in [1.82, 2.24) is 9.99 Å². The van der Waals surface area contributed by atoms with Crippen LogP contribution >= 0.6 is 0 Å². The fourth-order valence-corrected chi connectivity index (χ4v) is 4.19. The number of benzene rings is 1. The summed E-state index contributed by atoms with van der Waals surface area (Å²) in [6.45, 7) is 7.08. The molecule has 0 radical (unpaired) electrons. The molecule has 1 atom stereocenters. The Hall–Kier alpha value is -3.09. The zero-order chi connectivity index (χ0) is 19.8. The molecule has 0 bridgehead atoms. The van der Waals surface area contributed by atoms with E-state index in [1.165, 1.54) is 5.56 Å². The molecule has 2 aromatic rings. The van der Waals surface area contributed by atoms with E-state index in [1.807, 2.05) is 54.9 Å². The van der Waals surface area contributed by atoms with Crippen LogP contribution in [0.2, 0.25) is 0 Å². The van der Waals surface area contributed by atoms with E-state index in [0.717, 1.165) is 12.1 Å². The third-order valence-electron chi connectivity index (χ3n) is 5.41. The van der Waals surface area contributed by atoms with Gasteiger partial charge in [0.2, 0.25) is 5.91 Å². The second kappa shape index (κ2) is 7.14. The van der Waals surface area contributed by atoms with Gasteiger partial charge < -0.3 is 4.90 Å². The zero-order valence-corrected chi connectivity index (χ0v) is 16.5. The summed E-state index contributed by atoms with van der Waals surface area (Å²) < 4.78 is 0. The van der Waals surface area contributed by atoms with E-state index in [9.17, 15) is 9.59 Å². The average molecular weight is 379 g/mol. The van der Waals surface area contributed by atoms with Crippen molar-refractivity contribution in [3.8, 4) is 0 Å². The van der Waals surface area contributed by atoms with Crippen molar-refractivity contribution in [2.24, 2.45) is 0 Å². The molecule has 3 heterocycles. The van der Waals surface area contributed by atoms with Crippen LogP contribution in [0.25, 0.3) is 0 Å². The van der Waals surface area contributed by atoms with E-state index < -0.39 is 0 Å². The Morgan fingerprint density at radius 3 is 2.54 bits per heavy atom. The Morgan fingerprint density at radius 1 is 1.07 bits per heavy atom. The van der Waals surface area contributed by atoms with Crippen molar-refractivity contribution in [1.29, 1.82) is 0 Å². The number of nitrogens with zero attached hydrogens (tertiary/aromatic N) is 5. The normalized spacial score (nSPS) is 18.4. The number of para-hydroxylation sites is 1. The highest BCUT2D eigenvalue weighted by Crippen LogP contribution is 2.35. The summed E-state index contributed by atoms with van der Waals surface area (Å²) in [7, 11) is 0. The number of hydrogen-bond acceptors (Lipinski definition) is 4. The molecule has 0 spiro atoms. The largest absolute Gasteiger partial charge is 0.343 e. The standard InChI is InChI=1S/C21H25N5O2/c1-4-24-20-18(11-8-12-22-20)23(21(28)25(24)5-2)14-19(27)26-15(3)13-16-9-6-7-10-17(16)26/h6-12,15H,4-5,13-14H2,1-3H3/t15-/m1/s1. The second-order valence-electron chi connectivity index (χ2n) is 7.09. The number of fused-ring (bicyclic) bond motifs is 2. The van der Waals surface area contributed by atoms with Crippen LogP contribution < -0.4 is 14.8 Å². The van der Waals surface area contributed by atoms with E-state index in [-0.39, 0.29) is 24.5 Å². The van der Waals surface area contributed by atoms with Gasteiger partial charge in [0.15, 0.2) is 5.82 Å². The number of carbonyl (C=O) groups excluding carboxylic acids is 2. The molecule has 28 heavy (non-hydrogen) atoms. The van der Waals surface area contributed by atoms with Crippen molar-refractivity contribution >= 4 is 29.1 Å². The fraction of sp³-hybridized carbons (Fsp3) is 0.381. The smallest absolute Gasteiger partial charge is 0.307 e. The average Bonchev–Trinajstić information content (AvgIpc) is 3.05. The Morgan fingerprint density at radius 2 is 1.79 bits per heavy atom. The number of pyridine rings is 1. The number of hydrazine groups is 1. The monoisotopic (exact) mass is 379 g/mol. The highest BCUT2D eigenvalue weighted by Gasteiger charge is 2.38. The minimum absolute atomic E-state index is 0.00967. The lowest BCUT2D eigenvalue weighted by Gasteiger charge is -2.43. The second-order valence-corrected chi connectivity index (χ2v) is 7.09. The third-order valence-corrected chi connectivity index (χ3v) is 5.41. The topological polar surface area (TPSA) is 60.0 Å². The number of hydrogen-bond donors (Lipinski definition) is 0. The number of anilines is 3. The minimum atomic E-state index is -0.196. The first-order valence-electron chi connectivity index (χ1n) is 9.78. The summed E-state index contributed by atoms with van der Waals surface area (Å²) in [6.07, 6.45) is 2.54. The van der Waals surface area contributed by atoms with Gasteiger partial charge >= 0.3 is 6.03 Å². The summed E-state index contributed by atoms with van der Waals surface area (Å²) >= 11 is 0. The van der Waals surface area contributed by atoms with Crippen molar-refractivity contribution in [3.63, 3.8) is 0 Å². The number of amides is 3. The predicted molar refractivity (Wildman–Crippen MR) is 109 cm³/mol. The summed E-state index contributed by atoms with van der Waals surface area (Å²) in [5, 5.41) is 3.51. The molecule has 7 nitrogen and oxygen atoms in total. The highest BCUT2D eigenvalue weighted by molar-refractivity contribution is 6.07. The molecule has 4 rings (SSSR count). The van der Waals surface area contributed by atoms with Gasteiger partial charge in [-0.15, -0.1) is 0 Å². The number of urea groups is 1. The molecule has 0 aliphatic carbocycles. The Bertz CT molecular complexity index is 915. The van der Waals surface area contributed by atoms with E-state index >= 15 is 0 Å². The molecular formula is C21H25N5O2. The van der Waals surface area contributed by atoms with E-state index in [1.54, 1.807) is 22.2 Å². The Kier molecular flexibility index (Phi) is 4.66. The van der Waals surface area contributed by atoms with Gasteiger partial charge in [-0.1, -0.05) is 18.2 Å². The van der Waals surface area contributed by atoms with Crippen molar-refractivity contribution in [3.05, 3.63) is 48.2 Å². The molecular weight excluding hydrogens is 354 g/mol. The lowest BCUT2D eigenvalue weighted by atomic mass is 10.1. The molecule has 7 heteroatoms. The minimum Gasteiger partial charge on any atom is -0.307 e. The molecule has 2 aliphatic rings. The summed E-state index contributed by atoms with van der Waals surface area (Å²) in [4.78, 5) is 34.3. The van der Waals surface area contributed by atoms with Gasteiger partial charge in [-0.3, -0.25) is 14.7 Å². The van der Waals surface area contributed by atoms with Gasteiger partial charge in [0, 0.05) is 31.0 Å². The first-order chi connectivity index (χ1) is 13.6. The summed E-state index contributed by atoms with van der Waals surface area (Å²) in [5.74, 6) is 0.621. The SMILES string of the molecule is CCN1C(=O)N(CC(=O)N2c3ccccc3C[C@H]2C)c2cccnc2N1CC. The van der Waals surface area contributed by atoms with Gasteiger partial charge in [-0.2, -0.15) is 0 Å². The van der Waals surface area contributed by atoms with Gasteiger partial charge in [-0.25, -0.2) is 14.8 Å². The molecule has 146 valence electrons. The van der Waals surface area contributed by atoms with Crippen molar-refractivity contribution in [2.45, 2.75) is 33.2 Å². The van der Waals surface area contributed by atoms with Crippen LogP contribution in [-0.4, -0.2) is 47.6 Å². The van der Waals surface area contributed by atoms with E-state index in [2.05, 4.69) is 11.1 Å². The first kappa shape index (κ1) is 18.3. The summed E-state index contributed by atoms with van der Waals surface area (Å²) in [6, 6.07) is 11.5. The van der Waals surface area contributed by atoms with Crippen LogP contribution in [0.3, 0.4) is 0 Å². The van der Waals surface area contributed by atoms with Crippen LogP contribution in [-0.2, 0) is 11.2 Å². The van der Waals surface area contributed by atoms with Crippen molar-refractivity contribution in [2.75, 3.05) is 34.4 Å². The maximum atomic E-state index is 13.3. The van der Waals surface area contributed by atoms with Crippen LogP contribution in [0.5, 0.6) is 0 Å². The van der Waals surface area contributed by atoms with Gasteiger partial charge in [0.1, 0.15) is 6.54 Å². The molecule has 0 saturated carbocycles. The third kappa shape index (κ3) is 2.78.